The third-order valence-electron chi connectivity index (χ3n) is 8.27. The lowest BCUT2D eigenvalue weighted by Crippen LogP contribution is -2.48. The highest BCUT2D eigenvalue weighted by atomic mass is 16.5. The number of ketones is 1. The lowest BCUT2D eigenvalue weighted by Gasteiger charge is -2.37. The van der Waals surface area contributed by atoms with E-state index >= 15 is 0 Å². The maximum Gasteiger partial charge on any atom is 0.330 e. The molecule has 2 aromatic rings. The number of hydrogen-bond donors (Lipinski definition) is 0. The summed E-state index contributed by atoms with van der Waals surface area (Å²) in [5, 5.41) is 0. The predicted octanol–water partition coefficient (Wildman–Crippen LogP) is 3.39. The van der Waals surface area contributed by atoms with Crippen molar-refractivity contribution >= 4 is 23.6 Å². The van der Waals surface area contributed by atoms with Crippen LogP contribution in [0.2, 0.25) is 0 Å². The first kappa shape index (κ1) is 22.0. The zero-order valence-electron chi connectivity index (χ0n) is 19.5. The number of likely N-dealkylation sites (tertiary alicyclic amines) is 1. The number of hydrogen-bond acceptors (Lipinski definition) is 5. The number of carbonyl (C=O) groups excluding carboxylic acids is 4. The Morgan fingerprint density at radius 1 is 0.914 bits per heavy atom. The zero-order chi connectivity index (χ0) is 24.3. The number of carbonyl (C=O) groups is 4. The van der Waals surface area contributed by atoms with Crippen molar-refractivity contribution in [1.82, 2.24) is 4.90 Å². The van der Waals surface area contributed by atoms with E-state index in [1.54, 1.807) is 12.1 Å². The minimum absolute atomic E-state index is 0.0768. The van der Waals surface area contributed by atoms with Crippen LogP contribution >= 0.6 is 0 Å². The third-order valence-corrected chi connectivity index (χ3v) is 8.27. The summed E-state index contributed by atoms with van der Waals surface area (Å²) in [5.41, 5.74) is 2.29. The SMILES string of the molecule is Cc1ccc(C(=O)COC(=O)C(Cc2ccccc2)N2C(=O)C3C4C=CC(C5CC45)C3C2=O)cc1. The Bertz CT molecular complexity index is 1200. The van der Waals surface area contributed by atoms with Gasteiger partial charge in [0.05, 0.1) is 11.8 Å². The number of amides is 2. The minimum atomic E-state index is -1.09. The van der Waals surface area contributed by atoms with E-state index in [2.05, 4.69) is 12.2 Å². The number of esters is 1. The monoisotopic (exact) mass is 469 g/mol. The Morgan fingerprint density at radius 3 is 2.11 bits per heavy atom. The van der Waals surface area contributed by atoms with Crippen LogP contribution in [0.4, 0.5) is 0 Å². The Hall–Kier alpha value is -3.54. The summed E-state index contributed by atoms with van der Waals surface area (Å²) in [4.78, 5) is 54.4. The van der Waals surface area contributed by atoms with Crippen LogP contribution in [-0.4, -0.2) is 41.1 Å². The van der Waals surface area contributed by atoms with Gasteiger partial charge in [-0.2, -0.15) is 0 Å². The van der Waals surface area contributed by atoms with E-state index in [1.807, 2.05) is 49.4 Å². The molecule has 0 spiro atoms. The molecule has 6 heteroatoms. The maximum atomic E-state index is 13.6. The second kappa shape index (κ2) is 8.29. The highest BCUT2D eigenvalue weighted by molar-refractivity contribution is 6.09. The topological polar surface area (TPSA) is 80.8 Å². The summed E-state index contributed by atoms with van der Waals surface area (Å²) in [6, 6.07) is 15.2. The molecule has 178 valence electrons. The number of benzene rings is 2. The van der Waals surface area contributed by atoms with E-state index < -0.39 is 18.6 Å². The van der Waals surface area contributed by atoms with Gasteiger partial charge in [-0.05, 0) is 42.6 Å². The number of allylic oxidation sites excluding steroid dienone is 2. The number of nitrogens with zero attached hydrogens (tertiary/aromatic N) is 1. The van der Waals surface area contributed by atoms with E-state index in [4.69, 9.17) is 4.74 Å². The summed E-state index contributed by atoms with van der Waals surface area (Å²) in [7, 11) is 0. The molecule has 0 radical (unpaired) electrons. The van der Waals surface area contributed by atoms with Gasteiger partial charge in [0.2, 0.25) is 11.8 Å². The summed E-state index contributed by atoms with van der Waals surface area (Å²) in [5.74, 6) is -1.25. The molecule has 2 amide bonds. The molecule has 0 N–H and O–H groups in total. The molecular formula is C29H27NO5. The minimum Gasteiger partial charge on any atom is -0.456 e. The van der Waals surface area contributed by atoms with Crippen molar-refractivity contribution in [2.24, 2.45) is 35.5 Å². The molecule has 7 unspecified atom stereocenters. The number of Topliss-reactive ketones (excluding diaryl/α,β-unsaturated/α-hetero) is 1. The number of imide groups is 1. The predicted molar refractivity (Wildman–Crippen MR) is 127 cm³/mol. The highest BCUT2D eigenvalue weighted by Crippen LogP contribution is 2.65. The molecule has 2 saturated carbocycles. The lowest BCUT2D eigenvalue weighted by atomic mass is 9.63. The molecule has 6 nitrogen and oxygen atoms in total. The third kappa shape index (κ3) is 3.63. The van der Waals surface area contributed by atoms with Gasteiger partial charge in [-0.3, -0.25) is 19.3 Å². The van der Waals surface area contributed by atoms with Crippen LogP contribution in [-0.2, 0) is 25.5 Å². The second-order valence-corrected chi connectivity index (χ2v) is 10.3. The fourth-order valence-electron chi connectivity index (χ4n) is 6.46. The number of ether oxygens (including phenoxy) is 1. The molecule has 1 saturated heterocycles. The van der Waals surface area contributed by atoms with Crippen LogP contribution in [0.15, 0.2) is 66.7 Å². The number of rotatable bonds is 7. The van der Waals surface area contributed by atoms with Crippen LogP contribution in [0.1, 0.15) is 27.9 Å². The van der Waals surface area contributed by atoms with Crippen molar-refractivity contribution < 1.29 is 23.9 Å². The quantitative estimate of drug-likeness (QED) is 0.269. The standard InChI is InChI=1S/C29H27NO5/c1-16-7-9-18(10-8-16)24(31)15-35-29(34)23(13-17-5-3-2-4-6-17)30-27(32)25-19-11-12-20(22-14-21(19)22)26(25)28(30)33/h2-12,19-23,25-26H,13-15H2,1H3. The molecule has 1 heterocycles. The van der Waals surface area contributed by atoms with Gasteiger partial charge in [0, 0.05) is 12.0 Å². The van der Waals surface area contributed by atoms with Gasteiger partial charge < -0.3 is 4.74 Å². The van der Waals surface area contributed by atoms with Crippen LogP contribution < -0.4 is 0 Å². The average Bonchev–Trinajstić information content (AvgIpc) is 3.65. The van der Waals surface area contributed by atoms with Crippen LogP contribution in [0.3, 0.4) is 0 Å². The van der Waals surface area contributed by atoms with Crippen molar-refractivity contribution in [3.05, 3.63) is 83.4 Å². The molecule has 1 aliphatic heterocycles. The Morgan fingerprint density at radius 2 is 1.51 bits per heavy atom. The maximum absolute atomic E-state index is 13.6. The fourth-order valence-corrected chi connectivity index (χ4v) is 6.46. The highest BCUT2D eigenvalue weighted by Gasteiger charge is 2.68. The molecule has 7 rings (SSSR count). The summed E-state index contributed by atoms with van der Waals surface area (Å²) < 4.78 is 5.43. The van der Waals surface area contributed by atoms with E-state index in [9.17, 15) is 19.2 Å². The first-order valence-corrected chi connectivity index (χ1v) is 12.3. The average molecular weight is 470 g/mol. The van der Waals surface area contributed by atoms with Crippen LogP contribution in [0.5, 0.6) is 0 Å². The van der Waals surface area contributed by atoms with Gasteiger partial charge in [0.25, 0.3) is 0 Å². The van der Waals surface area contributed by atoms with Crippen molar-refractivity contribution in [1.29, 1.82) is 0 Å². The first-order chi connectivity index (χ1) is 16.9. The van der Waals surface area contributed by atoms with Crippen molar-refractivity contribution in [3.8, 4) is 0 Å². The summed E-state index contributed by atoms with van der Waals surface area (Å²) in [6.07, 6.45) is 5.45. The molecule has 7 atom stereocenters. The Labute approximate surface area is 203 Å². The van der Waals surface area contributed by atoms with Gasteiger partial charge >= 0.3 is 5.97 Å². The molecule has 0 aromatic heterocycles. The van der Waals surface area contributed by atoms with E-state index in [-0.39, 0.29) is 47.7 Å². The van der Waals surface area contributed by atoms with Crippen molar-refractivity contribution in [2.45, 2.75) is 25.8 Å². The molecule has 5 aliphatic rings. The summed E-state index contributed by atoms with van der Waals surface area (Å²) in [6.45, 7) is 1.49. The van der Waals surface area contributed by atoms with Crippen molar-refractivity contribution in [2.75, 3.05) is 6.61 Å². The summed E-state index contributed by atoms with van der Waals surface area (Å²) >= 11 is 0. The van der Waals surface area contributed by atoms with Gasteiger partial charge in [-0.25, -0.2) is 4.79 Å². The molecule has 4 aliphatic carbocycles. The molecule has 35 heavy (non-hydrogen) atoms. The second-order valence-electron chi connectivity index (χ2n) is 10.3. The van der Waals surface area contributed by atoms with E-state index in [0.29, 0.717) is 17.4 Å². The van der Waals surface area contributed by atoms with Gasteiger partial charge in [-0.15, -0.1) is 0 Å². The van der Waals surface area contributed by atoms with Crippen LogP contribution in [0.25, 0.3) is 0 Å². The molecule has 3 fully saturated rings. The largest absolute Gasteiger partial charge is 0.456 e. The van der Waals surface area contributed by atoms with E-state index in [0.717, 1.165) is 17.5 Å². The molecule has 2 aromatic carbocycles. The fraction of sp³-hybridized carbons (Fsp3) is 0.379. The van der Waals surface area contributed by atoms with Gasteiger partial charge in [0.15, 0.2) is 12.4 Å². The number of aryl methyl sites for hydroxylation is 1. The smallest absolute Gasteiger partial charge is 0.330 e. The molecular weight excluding hydrogens is 442 g/mol. The Kier molecular flexibility index (Phi) is 5.20. The lowest BCUT2D eigenvalue weighted by molar-refractivity contribution is -0.158. The van der Waals surface area contributed by atoms with Gasteiger partial charge in [-0.1, -0.05) is 72.3 Å². The normalized spacial score (nSPS) is 30.6. The first-order valence-electron chi connectivity index (χ1n) is 12.3. The van der Waals surface area contributed by atoms with Crippen molar-refractivity contribution in [3.63, 3.8) is 0 Å². The Balaban J connectivity index is 1.25. The molecule has 2 bridgehead atoms. The zero-order valence-corrected chi connectivity index (χ0v) is 19.5. The van der Waals surface area contributed by atoms with Crippen LogP contribution in [0, 0.1) is 42.4 Å². The van der Waals surface area contributed by atoms with E-state index in [1.165, 1.54) is 4.90 Å². The van der Waals surface area contributed by atoms with Gasteiger partial charge in [0.1, 0.15) is 6.04 Å².